The summed E-state index contributed by atoms with van der Waals surface area (Å²) in [4.78, 5) is 31.1. The zero-order valence-electron chi connectivity index (χ0n) is 21.3. The van der Waals surface area contributed by atoms with Gasteiger partial charge in [0.2, 0.25) is 0 Å². The predicted octanol–water partition coefficient (Wildman–Crippen LogP) is 6.00. The summed E-state index contributed by atoms with van der Waals surface area (Å²) in [7, 11) is 0. The highest BCUT2D eigenvalue weighted by Crippen LogP contribution is 2.43. The van der Waals surface area contributed by atoms with Crippen LogP contribution in [-0.2, 0) is 6.54 Å². The lowest BCUT2D eigenvalue weighted by Gasteiger charge is -2.28. The van der Waals surface area contributed by atoms with Gasteiger partial charge in [0.05, 0.1) is 10.6 Å². The molecule has 0 radical (unpaired) electrons. The Morgan fingerprint density at radius 2 is 1.68 bits per heavy atom. The molecular weight excluding hydrogens is 464 g/mol. The van der Waals surface area contributed by atoms with Crippen LogP contribution in [0.1, 0.15) is 54.4 Å². The van der Waals surface area contributed by atoms with Crippen molar-refractivity contribution in [2.75, 3.05) is 42.5 Å². The lowest BCUT2D eigenvalue weighted by atomic mass is 9.89. The second-order valence-corrected chi connectivity index (χ2v) is 10.8. The standard InChI is InChI=1S/C30H34N4O3/c35-30-26-12-5-11-25-27(13-14-28(29(25)26)33(30)21-22-7-2-1-3-8-22)32-16-6-15-31(17-18-32)20-23-9-4-10-24(19-23)34(36)37/h4-5,9-14,19,22H,1-3,6-8,15-18,20-21H2. The van der Waals surface area contributed by atoms with E-state index in [9.17, 15) is 14.9 Å². The number of amides is 1. The Hall–Kier alpha value is -3.45. The molecule has 192 valence electrons. The third-order valence-electron chi connectivity index (χ3n) is 8.38. The largest absolute Gasteiger partial charge is 0.370 e. The Morgan fingerprint density at radius 1 is 0.865 bits per heavy atom. The van der Waals surface area contributed by atoms with Gasteiger partial charge in [-0.3, -0.25) is 19.8 Å². The molecule has 1 saturated carbocycles. The molecular formula is C30H34N4O3. The third-order valence-corrected chi connectivity index (χ3v) is 8.38. The van der Waals surface area contributed by atoms with Crippen molar-refractivity contribution in [1.82, 2.24) is 4.90 Å². The number of nitrogens with zero attached hydrogens (tertiary/aromatic N) is 4. The maximum atomic E-state index is 13.4. The monoisotopic (exact) mass is 498 g/mol. The van der Waals surface area contributed by atoms with E-state index in [2.05, 4.69) is 28.0 Å². The van der Waals surface area contributed by atoms with Gasteiger partial charge < -0.3 is 9.80 Å². The molecule has 0 atom stereocenters. The number of anilines is 2. The number of hydrogen-bond donors (Lipinski definition) is 0. The Kier molecular flexibility index (Phi) is 6.55. The smallest absolute Gasteiger partial charge is 0.269 e. The number of benzene rings is 3. The van der Waals surface area contributed by atoms with Crippen LogP contribution >= 0.6 is 0 Å². The maximum Gasteiger partial charge on any atom is 0.269 e. The van der Waals surface area contributed by atoms with Gasteiger partial charge in [0.1, 0.15) is 0 Å². The van der Waals surface area contributed by atoms with Gasteiger partial charge in [-0.25, -0.2) is 0 Å². The van der Waals surface area contributed by atoms with E-state index in [0.717, 1.165) is 61.3 Å². The van der Waals surface area contributed by atoms with Crippen LogP contribution in [0.3, 0.4) is 0 Å². The number of carbonyl (C=O) groups excluding carboxylic acids is 1. The molecule has 2 heterocycles. The average Bonchev–Trinajstić information content (AvgIpc) is 3.05. The highest BCUT2D eigenvalue weighted by Gasteiger charge is 2.33. The molecule has 0 spiro atoms. The molecule has 0 bridgehead atoms. The van der Waals surface area contributed by atoms with Crippen molar-refractivity contribution >= 4 is 33.7 Å². The van der Waals surface area contributed by atoms with E-state index in [1.165, 1.54) is 43.2 Å². The molecule has 1 aliphatic carbocycles. The van der Waals surface area contributed by atoms with Gasteiger partial charge in [-0.15, -0.1) is 0 Å². The molecule has 6 rings (SSSR count). The van der Waals surface area contributed by atoms with Crippen LogP contribution in [-0.4, -0.2) is 48.5 Å². The summed E-state index contributed by atoms with van der Waals surface area (Å²) in [6.45, 7) is 5.21. The number of carbonyl (C=O) groups is 1. The Morgan fingerprint density at radius 3 is 2.51 bits per heavy atom. The second kappa shape index (κ2) is 10.1. The quantitative estimate of drug-likeness (QED) is 0.308. The Balaban J connectivity index is 1.21. The van der Waals surface area contributed by atoms with E-state index < -0.39 is 0 Å². The molecule has 37 heavy (non-hydrogen) atoms. The summed E-state index contributed by atoms with van der Waals surface area (Å²) < 4.78 is 0. The Labute approximate surface area is 217 Å². The number of nitro benzene ring substituents is 1. The lowest BCUT2D eigenvalue weighted by Crippen LogP contribution is -2.33. The van der Waals surface area contributed by atoms with Crippen molar-refractivity contribution in [3.05, 3.63) is 75.8 Å². The van der Waals surface area contributed by atoms with Crippen molar-refractivity contribution in [3.63, 3.8) is 0 Å². The van der Waals surface area contributed by atoms with Crippen LogP contribution < -0.4 is 9.80 Å². The maximum absolute atomic E-state index is 13.4. The zero-order chi connectivity index (χ0) is 25.4. The molecule has 0 unspecified atom stereocenters. The van der Waals surface area contributed by atoms with Crippen LogP contribution in [0.2, 0.25) is 0 Å². The second-order valence-electron chi connectivity index (χ2n) is 10.8. The van der Waals surface area contributed by atoms with Gasteiger partial charge in [-0.2, -0.15) is 0 Å². The highest BCUT2D eigenvalue weighted by molar-refractivity contribution is 6.26. The molecule has 0 N–H and O–H groups in total. The molecule has 0 aromatic heterocycles. The van der Waals surface area contributed by atoms with Gasteiger partial charge in [-0.05, 0) is 48.9 Å². The van der Waals surface area contributed by atoms with Crippen LogP contribution in [0.15, 0.2) is 54.6 Å². The first-order valence-corrected chi connectivity index (χ1v) is 13.7. The summed E-state index contributed by atoms with van der Waals surface area (Å²) in [5.41, 5.74) is 4.24. The lowest BCUT2D eigenvalue weighted by molar-refractivity contribution is -0.384. The summed E-state index contributed by atoms with van der Waals surface area (Å²) in [5, 5.41) is 13.4. The molecule has 1 amide bonds. The minimum absolute atomic E-state index is 0.147. The van der Waals surface area contributed by atoms with Crippen LogP contribution in [0, 0.1) is 16.0 Å². The minimum atomic E-state index is -0.329. The number of nitro groups is 1. The molecule has 2 fully saturated rings. The van der Waals surface area contributed by atoms with Crippen LogP contribution in [0.4, 0.5) is 17.1 Å². The van der Waals surface area contributed by atoms with Gasteiger partial charge in [0, 0.05) is 73.4 Å². The summed E-state index contributed by atoms with van der Waals surface area (Å²) in [5.74, 6) is 0.756. The topological polar surface area (TPSA) is 69.9 Å². The third kappa shape index (κ3) is 4.68. The normalized spacial score (nSPS) is 19.0. The fourth-order valence-corrected chi connectivity index (χ4v) is 6.51. The van der Waals surface area contributed by atoms with Gasteiger partial charge >= 0.3 is 0 Å². The number of non-ortho nitro benzene ring substituents is 1. The summed E-state index contributed by atoms with van der Waals surface area (Å²) in [6, 6.07) is 17.5. The molecule has 2 aliphatic heterocycles. The number of rotatable bonds is 6. The first-order chi connectivity index (χ1) is 18.1. The molecule has 7 nitrogen and oxygen atoms in total. The van der Waals surface area contributed by atoms with E-state index in [1.54, 1.807) is 18.2 Å². The molecule has 3 aromatic carbocycles. The first-order valence-electron chi connectivity index (χ1n) is 13.7. The predicted molar refractivity (Wildman–Crippen MR) is 147 cm³/mol. The number of hydrogen-bond acceptors (Lipinski definition) is 5. The van der Waals surface area contributed by atoms with E-state index in [1.807, 2.05) is 23.1 Å². The van der Waals surface area contributed by atoms with E-state index >= 15 is 0 Å². The van der Waals surface area contributed by atoms with Crippen molar-refractivity contribution in [1.29, 1.82) is 0 Å². The van der Waals surface area contributed by atoms with Gasteiger partial charge in [0.15, 0.2) is 0 Å². The first kappa shape index (κ1) is 23.9. The van der Waals surface area contributed by atoms with E-state index in [0.29, 0.717) is 12.5 Å². The minimum Gasteiger partial charge on any atom is -0.370 e. The summed E-state index contributed by atoms with van der Waals surface area (Å²) in [6.07, 6.45) is 7.35. The molecule has 7 heteroatoms. The highest BCUT2D eigenvalue weighted by atomic mass is 16.6. The van der Waals surface area contributed by atoms with Crippen molar-refractivity contribution in [2.24, 2.45) is 5.92 Å². The zero-order valence-corrected chi connectivity index (χ0v) is 21.3. The molecule has 3 aromatic rings. The fraction of sp³-hybridized carbons (Fsp3) is 0.433. The van der Waals surface area contributed by atoms with Gasteiger partial charge in [-0.1, -0.05) is 43.5 Å². The van der Waals surface area contributed by atoms with Crippen molar-refractivity contribution in [2.45, 2.75) is 45.1 Å². The van der Waals surface area contributed by atoms with Crippen molar-refractivity contribution in [3.8, 4) is 0 Å². The summed E-state index contributed by atoms with van der Waals surface area (Å²) >= 11 is 0. The van der Waals surface area contributed by atoms with Gasteiger partial charge in [0.25, 0.3) is 11.6 Å². The van der Waals surface area contributed by atoms with E-state index in [4.69, 9.17) is 0 Å². The SMILES string of the molecule is O=C1c2cccc3c(N4CCCN(Cc5cccc([N+](=O)[O-])c5)CC4)ccc(c23)N1CC1CCCCC1. The molecule has 3 aliphatic rings. The fourth-order valence-electron chi connectivity index (χ4n) is 6.51. The van der Waals surface area contributed by atoms with E-state index in [-0.39, 0.29) is 16.5 Å². The molecule has 1 saturated heterocycles. The van der Waals surface area contributed by atoms with Crippen LogP contribution in [0.25, 0.3) is 10.8 Å². The Bertz CT molecular complexity index is 1330. The van der Waals surface area contributed by atoms with Crippen LogP contribution in [0.5, 0.6) is 0 Å². The average molecular weight is 499 g/mol. The van der Waals surface area contributed by atoms with Crippen molar-refractivity contribution < 1.29 is 9.72 Å².